The van der Waals surface area contributed by atoms with Crippen LogP contribution in [0.5, 0.6) is 0 Å². The van der Waals surface area contributed by atoms with Gasteiger partial charge in [-0.2, -0.15) is 0 Å². The molecule has 0 radical (unpaired) electrons. The van der Waals surface area contributed by atoms with Crippen LogP contribution in [0.1, 0.15) is 13.3 Å². The summed E-state index contributed by atoms with van der Waals surface area (Å²) in [6.07, 6.45) is 5.44. The standard InChI is InChI=1S/C13H17NO4/c1-4-6-18-12-8-14(9-12)13(16)10(2)5-7-17-11(3)15/h1,12H,2,5-9H2,3H3. The van der Waals surface area contributed by atoms with E-state index in [0.717, 1.165) is 0 Å². The van der Waals surface area contributed by atoms with Crippen molar-refractivity contribution in [3.63, 3.8) is 0 Å². The molecule has 1 saturated heterocycles. The lowest BCUT2D eigenvalue weighted by atomic mass is 10.1. The summed E-state index contributed by atoms with van der Waals surface area (Å²) < 4.78 is 10.0. The van der Waals surface area contributed by atoms with Crippen molar-refractivity contribution < 1.29 is 19.1 Å². The number of likely N-dealkylation sites (tertiary alicyclic amines) is 1. The van der Waals surface area contributed by atoms with Gasteiger partial charge in [-0.15, -0.1) is 6.42 Å². The summed E-state index contributed by atoms with van der Waals surface area (Å²) in [6, 6.07) is 0. The van der Waals surface area contributed by atoms with Gasteiger partial charge < -0.3 is 14.4 Å². The number of ether oxygens (including phenoxy) is 2. The van der Waals surface area contributed by atoms with Crippen LogP contribution in [0.15, 0.2) is 12.2 Å². The predicted molar refractivity (Wildman–Crippen MR) is 65.5 cm³/mol. The van der Waals surface area contributed by atoms with E-state index in [1.54, 1.807) is 4.90 Å². The second kappa shape index (κ2) is 6.82. The van der Waals surface area contributed by atoms with Crippen molar-refractivity contribution >= 4 is 11.9 Å². The molecule has 1 heterocycles. The molecule has 0 aromatic heterocycles. The van der Waals surface area contributed by atoms with E-state index in [0.29, 0.717) is 25.1 Å². The highest BCUT2D eigenvalue weighted by Crippen LogP contribution is 2.15. The van der Waals surface area contributed by atoms with E-state index in [1.165, 1.54) is 6.92 Å². The second-order valence-electron chi connectivity index (χ2n) is 4.04. The zero-order valence-electron chi connectivity index (χ0n) is 10.5. The van der Waals surface area contributed by atoms with Crippen LogP contribution < -0.4 is 0 Å². The number of terminal acetylenes is 1. The summed E-state index contributed by atoms with van der Waals surface area (Å²) >= 11 is 0. The Bertz CT molecular complexity index is 377. The van der Waals surface area contributed by atoms with Crippen LogP contribution in [0.25, 0.3) is 0 Å². The highest BCUT2D eigenvalue weighted by Gasteiger charge is 2.31. The first-order valence-electron chi connectivity index (χ1n) is 5.70. The summed E-state index contributed by atoms with van der Waals surface area (Å²) in [5.41, 5.74) is 0.437. The van der Waals surface area contributed by atoms with Crippen LogP contribution in [0.2, 0.25) is 0 Å². The molecule has 0 atom stereocenters. The van der Waals surface area contributed by atoms with Crippen molar-refractivity contribution in [1.29, 1.82) is 0 Å². The third-order valence-electron chi connectivity index (χ3n) is 2.55. The van der Waals surface area contributed by atoms with Gasteiger partial charge in [-0.25, -0.2) is 0 Å². The summed E-state index contributed by atoms with van der Waals surface area (Å²) in [6.45, 7) is 6.53. The van der Waals surface area contributed by atoms with Crippen molar-refractivity contribution in [3.05, 3.63) is 12.2 Å². The van der Waals surface area contributed by atoms with E-state index in [4.69, 9.17) is 15.9 Å². The molecule has 98 valence electrons. The van der Waals surface area contributed by atoms with Gasteiger partial charge in [0.2, 0.25) is 5.91 Å². The van der Waals surface area contributed by atoms with Gasteiger partial charge in [0.1, 0.15) is 6.61 Å². The molecular formula is C13H17NO4. The number of esters is 1. The Morgan fingerprint density at radius 3 is 2.72 bits per heavy atom. The van der Waals surface area contributed by atoms with E-state index < -0.39 is 0 Å². The molecule has 0 aromatic carbocycles. The summed E-state index contributed by atoms with van der Waals surface area (Å²) in [4.78, 5) is 24.0. The minimum absolute atomic E-state index is 0.0197. The maximum atomic E-state index is 11.8. The zero-order chi connectivity index (χ0) is 13.5. The second-order valence-corrected chi connectivity index (χ2v) is 4.04. The molecule has 18 heavy (non-hydrogen) atoms. The van der Waals surface area contributed by atoms with Gasteiger partial charge in [-0.3, -0.25) is 9.59 Å². The topological polar surface area (TPSA) is 55.8 Å². The molecule has 1 amide bonds. The lowest BCUT2D eigenvalue weighted by Gasteiger charge is -2.38. The van der Waals surface area contributed by atoms with Crippen LogP contribution in [0, 0.1) is 12.3 Å². The van der Waals surface area contributed by atoms with Gasteiger partial charge in [-0.1, -0.05) is 12.5 Å². The van der Waals surface area contributed by atoms with Crippen molar-refractivity contribution in [3.8, 4) is 12.3 Å². The molecule has 0 N–H and O–H groups in total. The number of rotatable bonds is 6. The SMILES string of the molecule is C#CCOC1CN(C(=O)C(=C)CCOC(C)=O)C1. The monoisotopic (exact) mass is 251 g/mol. The first kappa shape index (κ1) is 14.3. The maximum absolute atomic E-state index is 11.8. The summed E-state index contributed by atoms with van der Waals surface area (Å²) in [5.74, 6) is 1.90. The number of hydrogen-bond donors (Lipinski definition) is 0. The highest BCUT2D eigenvalue weighted by atomic mass is 16.5. The quantitative estimate of drug-likeness (QED) is 0.388. The van der Waals surface area contributed by atoms with Gasteiger partial charge in [0.25, 0.3) is 0 Å². The Balaban J connectivity index is 2.20. The maximum Gasteiger partial charge on any atom is 0.302 e. The Morgan fingerprint density at radius 2 is 2.17 bits per heavy atom. The zero-order valence-corrected chi connectivity index (χ0v) is 10.5. The Kier molecular flexibility index (Phi) is 5.40. The van der Waals surface area contributed by atoms with Crippen molar-refractivity contribution in [2.24, 2.45) is 0 Å². The third kappa shape index (κ3) is 4.22. The molecule has 1 aliphatic rings. The lowest BCUT2D eigenvalue weighted by Crippen LogP contribution is -2.55. The first-order chi connectivity index (χ1) is 8.54. The molecule has 1 rings (SSSR count). The molecule has 5 heteroatoms. The van der Waals surface area contributed by atoms with E-state index in [-0.39, 0.29) is 31.2 Å². The fraction of sp³-hybridized carbons (Fsp3) is 0.538. The van der Waals surface area contributed by atoms with Crippen molar-refractivity contribution in [2.75, 3.05) is 26.3 Å². The van der Waals surface area contributed by atoms with Crippen LogP contribution in [0.4, 0.5) is 0 Å². The molecule has 5 nitrogen and oxygen atoms in total. The molecule has 0 saturated carbocycles. The Labute approximate surface area is 107 Å². The summed E-state index contributed by atoms with van der Waals surface area (Å²) in [7, 11) is 0. The van der Waals surface area contributed by atoms with E-state index in [1.807, 2.05) is 0 Å². The number of hydrogen-bond acceptors (Lipinski definition) is 4. The van der Waals surface area contributed by atoms with E-state index in [9.17, 15) is 9.59 Å². The Hall–Kier alpha value is -1.80. The molecule has 0 aromatic rings. The normalized spacial score (nSPS) is 14.6. The highest BCUT2D eigenvalue weighted by molar-refractivity contribution is 5.93. The van der Waals surface area contributed by atoms with Crippen LogP contribution >= 0.6 is 0 Å². The fourth-order valence-corrected chi connectivity index (χ4v) is 1.52. The van der Waals surface area contributed by atoms with Gasteiger partial charge in [0.15, 0.2) is 0 Å². The minimum atomic E-state index is -0.359. The average Bonchev–Trinajstić information content (AvgIpc) is 2.26. The van der Waals surface area contributed by atoms with Gasteiger partial charge in [-0.05, 0) is 0 Å². The van der Waals surface area contributed by atoms with Gasteiger partial charge in [0.05, 0.1) is 12.7 Å². The predicted octanol–water partition coefficient (Wildman–Crippen LogP) is 0.356. The smallest absolute Gasteiger partial charge is 0.302 e. The molecule has 0 bridgehead atoms. The minimum Gasteiger partial charge on any atom is -0.466 e. The molecule has 1 aliphatic heterocycles. The van der Waals surface area contributed by atoms with Crippen LogP contribution in [-0.4, -0.2) is 49.2 Å². The largest absolute Gasteiger partial charge is 0.466 e. The van der Waals surface area contributed by atoms with Gasteiger partial charge >= 0.3 is 5.97 Å². The molecule has 0 aliphatic carbocycles. The number of nitrogens with zero attached hydrogens (tertiary/aromatic N) is 1. The molecule has 0 unspecified atom stereocenters. The van der Waals surface area contributed by atoms with E-state index >= 15 is 0 Å². The summed E-state index contributed by atoms with van der Waals surface area (Å²) in [5, 5.41) is 0. The number of amides is 1. The fourth-order valence-electron chi connectivity index (χ4n) is 1.52. The third-order valence-corrected chi connectivity index (χ3v) is 2.55. The van der Waals surface area contributed by atoms with Crippen LogP contribution in [-0.2, 0) is 19.1 Å². The van der Waals surface area contributed by atoms with Crippen LogP contribution in [0.3, 0.4) is 0 Å². The molecule has 1 fully saturated rings. The first-order valence-corrected chi connectivity index (χ1v) is 5.70. The number of carbonyl (C=O) groups is 2. The van der Waals surface area contributed by atoms with Gasteiger partial charge in [0, 0.05) is 32.0 Å². The van der Waals surface area contributed by atoms with E-state index in [2.05, 4.69) is 12.5 Å². The number of carbonyl (C=O) groups excluding carboxylic acids is 2. The average molecular weight is 251 g/mol. The molecule has 0 spiro atoms. The van der Waals surface area contributed by atoms with Crippen molar-refractivity contribution in [1.82, 2.24) is 4.90 Å². The Morgan fingerprint density at radius 1 is 1.50 bits per heavy atom. The molecular weight excluding hydrogens is 234 g/mol. The van der Waals surface area contributed by atoms with Crippen molar-refractivity contribution in [2.45, 2.75) is 19.4 Å². The lowest BCUT2D eigenvalue weighted by molar-refractivity contribution is -0.143.